The molecular weight excluding hydrogens is 449 g/mol. The lowest BCUT2D eigenvalue weighted by Crippen LogP contribution is -2.39. The molecule has 1 aliphatic rings. The predicted octanol–water partition coefficient (Wildman–Crippen LogP) is 4.56. The molecular formula is C27H34FN3O4. The summed E-state index contributed by atoms with van der Waals surface area (Å²) in [6.07, 6.45) is 8.09. The summed E-state index contributed by atoms with van der Waals surface area (Å²) in [5.74, 6) is 1.38. The number of halogens is 1. The molecule has 1 aromatic heterocycles. The predicted molar refractivity (Wildman–Crippen MR) is 131 cm³/mol. The van der Waals surface area contributed by atoms with Gasteiger partial charge in [-0.05, 0) is 55.6 Å². The first-order valence-electron chi connectivity index (χ1n) is 12.0. The van der Waals surface area contributed by atoms with Gasteiger partial charge in [0.05, 0.1) is 20.0 Å². The topological polar surface area (TPSA) is 58.0 Å². The van der Waals surface area contributed by atoms with Gasteiger partial charge in [-0.1, -0.05) is 18.2 Å². The van der Waals surface area contributed by atoms with Gasteiger partial charge in [-0.3, -0.25) is 4.90 Å². The maximum Gasteiger partial charge on any atom is 0.165 e. The molecule has 2 heterocycles. The second kappa shape index (κ2) is 12.0. The van der Waals surface area contributed by atoms with Crippen molar-refractivity contribution < 1.29 is 23.3 Å². The Hall–Kier alpha value is -3.10. The summed E-state index contributed by atoms with van der Waals surface area (Å²) in [6, 6.07) is 12.6. The van der Waals surface area contributed by atoms with Crippen LogP contribution >= 0.6 is 0 Å². The molecule has 0 aliphatic carbocycles. The molecule has 4 rings (SSSR count). The van der Waals surface area contributed by atoms with Crippen LogP contribution in [0.5, 0.6) is 17.2 Å². The van der Waals surface area contributed by atoms with E-state index in [0.717, 1.165) is 56.0 Å². The summed E-state index contributed by atoms with van der Waals surface area (Å²) in [4.78, 5) is 6.48. The summed E-state index contributed by atoms with van der Waals surface area (Å²) >= 11 is 0. The molecule has 1 aliphatic heterocycles. The van der Waals surface area contributed by atoms with Gasteiger partial charge in [0, 0.05) is 32.6 Å². The van der Waals surface area contributed by atoms with Crippen molar-refractivity contribution in [2.45, 2.75) is 38.0 Å². The fourth-order valence-electron chi connectivity index (χ4n) is 4.43. The minimum atomic E-state index is -0.432. The number of aromatic nitrogens is 2. The zero-order valence-corrected chi connectivity index (χ0v) is 20.5. The number of ether oxygens (including phenoxy) is 4. The summed E-state index contributed by atoms with van der Waals surface area (Å²) < 4.78 is 39.3. The summed E-state index contributed by atoms with van der Waals surface area (Å²) in [5, 5.41) is 0. The van der Waals surface area contributed by atoms with Crippen molar-refractivity contribution >= 4 is 0 Å². The van der Waals surface area contributed by atoms with Crippen LogP contribution in [0.15, 0.2) is 61.2 Å². The van der Waals surface area contributed by atoms with Crippen LogP contribution in [0.2, 0.25) is 0 Å². The minimum absolute atomic E-state index is 0.267. The van der Waals surface area contributed by atoms with Crippen molar-refractivity contribution in [1.29, 1.82) is 0 Å². The summed E-state index contributed by atoms with van der Waals surface area (Å²) in [5.41, 5.74) is 0.731. The van der Waals surface area contributed by atoms with Crippen molar-refractivity contribution in [2.75, 3.05) is 40.5 Å². The lowest BCUT2D eigenvalue weighted by Gasteiger charge is -2.31. The van der Waals surface area contributed by atoms with Gasteiger partial charge in [-0.15, -0.1) is 0 Å². The Balaban J connectivity index is 1.34. The molecule has 0 radical (unpaired) electrons. The number of para-hydroxylation sites is 1. The van der Waals surface area contributed by atoms with Gasteiger partial charge in [0.15, 0.2) is 23.1 Å². The summed E-state index contributed by atoms with van der Waals surface area (Å²) in [7, 11) is 3.37. The van der Waals surface area contributed by atoms with E-state index in [9.17, 15) is 4.39 Å². The van der Waals surface area contributed by atoms with Crippen LogP contribution in [0.1, 0.15) is 24.8 Å². The molecule has 7 nitrogen and oxygen atoms in total. The third-order valence-corrected chi connectivity index (χ3v) is 6.55. The molecule has 3 aromatic rings. The standard InChI is InChI=1S/C27H34FN3O4/c1-32-25-9-8-22(18-26(25)34-17-16-31-15-12-29-21-31)19-30-13-5-10-27(33-2,11-14-30)20-35-24-7-4-3-6-23(24)28/h3-4,6-9,12,15,18,21H,5,10-11,13-14,16-17,19-20H2,1-2H3/t27-/m0/s1. The van der Waals surface area contributed by atoms with Gasteiger partial charge >= 0.3 is 0 Å². The van der Waals surface area contributed by atoms with E-state index in [4.69, 9.17) is 18.9 Å². The first kappa shape index (κ1) is 25.0. The number of benzene rings is 2. The SMILES string of the molecule is COc1ccc(CN2CCC[C@](COc3ccccc3F)(OC)CC2)cc1OCCn1ccnc1. The number of rotatable bonds is 11. The molecule has 0 N–H and O–H groups in total. The maximum atomic E-state index is 14.0. The van der Waals surface area contributed by atoms with Crippen molar-refractivity contribution in [2.24, 2.45) is 0 Å². The molecule has 1 atom stereocenters. The lowest BCUT2D eigenvalue weighted by atomic mass is 9.95. The number of likely N-dealkylation sites (tertiary alicyclic amines) is 1. The van der Waals surface area contributed by atoms with Gasteiger partial charge in [0.1, 0.15) is 18.8 Å². The zero-order chi connectivity index (χ0) is 24.5. The van der Waals surface area contributed by atoms with Crippen LogP contribution in [0, 0.1) is 5.82 Å². The Morgan fingerprint density at radius 3 is 2.66 bits per heavy atom. The Labute approximate surface area is 206 Å². The third kappa shape index (κ3) is 6.74. The minimum Gasteiger partial charge on any atom is -0.493 e. The van der Waals surface area contributed by atoms with Crippen LogP contribution in [-0.4, -0.2) is 60.6 Å². The Kier molecular flexibility index (Phi) is 8.60. The normalized spacial score (nSPS) is 18.7. The molecule has 0 unspecified atom stereocenters. The van der Waals surface area contributed by atoms with Gasteiger partial charge in [-0.2, -0.15) is 0 Å². The molecule has 1 saturated heterocycles. The van der Waals surface area contributed by atoms with E-state index in [1.165, 1.54) is 6.07 Å². The number of methoxy groups -OCH3 is 2. The van der Waals surface area contributed by atoms with Crippen LogP contribution in [0.25, 0.3) is 0 Å². The third-order valence-electron chi connectivity index (χ3n) is 6.55. The van der Waals surface area contributed by atoms with Crippen LogP contribution < -0.4 is 14.2 Å². The Morgan fingerprint density at radius 1 is 1.00 bits per heavy atom. The monoisotopic (exact) mass is 483 g/mol. The molecule has 0 amide bonds. The number of imidazole rings is 1. The fourth-order valence-corrected chi connectivity index (χ4v) is 4.43. The van der Waals surface area contributed by atoms with E-state index in [1.807, 2.05) is 16.8 Å². The van der Waals surface area contributed by atoms with Crippen molar-refractivity contribution in [3.8, 4) is 17.2 Å². The average Bonchev–Trinajstić information content (AvgIpc) is 3.31. The highest BCUT2D eigenvalue weighted by Crippen LogP contribution is 2.31. The Morgan fingerprint density at radius 2 is 1.89 bits per heavy atom. The molecule has 0 spiro atoms. The fraction of sp³-hybridized carbons (Fsp3) is 0.444. The lowest BCUT2D eigenvalue weighted by molar-refractivity contribution is -0.0548. The first-order chi connectivity index (χ1) is 17.1. The van der Waals surface area contributed by atoms with Crippen molar-refractivity contribution in [3.63, 3.8) is 0 Å². The molecule has 2 aromatic carbocycles. The van der Waals surface area contributed by atoms with E-state index in [-0.39, 0.29) is 11.6 Å². The van der Waals surface area contributed by atoms with Gasteiger partial charge in [0.25, 0.3) is 0 Å². The van der Waals surface area contributed by atoms with Gasteiger partial charge in [0.2, 0.25) is 0 Å². The molecule has 35 heavy (non-hydrogen) atoms. The quantitative estimate of drug-likeness (QED) is 0.399. The van der Waals surface area contributed by atoms with Gasteiger partial charge < -0.3 is 23.5 Å². The van der Waals surface area contributed by atoms with Crippen molar-refractivity contribution in [1.82, 2.24) is 14.5 Å². The van der Waals surface area contributed by atoms with E-state index < -0.39 is 5.60 Å². The highest BCUT2D eigenvalue weighted by Gasteiger charge is 2.34. The Bertz CT molecular complexity index is 1060. The molecule has 1 fully saturated rings. The highest BCUT2D eigenvalue weighted by atomic mass is 19.1. The van der Waals surface area contributed by atoms with E-state index in [2.05, 4.69) is 22.0 Å². The number of hydrogen-bond acceptors (Lipinski definition) is 6. The van der Waals surface area contributed by atoms with Crippen LogP contribution in [0.4, 0.5) is 4.39 Å². The van der Waals surface area contributed by atoms with E-state index in [0.29, 0.717) is 19.8 Å². The smallest absolute Gasteiger partial charge is 0.165 e. The average molecular weight is 484 g/mol. The van der Waals surface area contributed by atoms with Gasteiger partial charge in [-0.25, -0.2) is 9.37 Å². The molecule has 0 saturated carbocycles. The largest absolute Gasteiger partial charge is 0.493 e. The van der Waals surface area contributed by atoms with Crippen molar-refractivity contribution in [3.05, 3.63) is 72.6 Å². The first-order valence-corrected chi connectivity index (χ1v) is 12.0. The number of hydrogen-bond donors (Lipinski definition) is 0. The zero-order valence-electron chi connectivity index (χ0n) is 20.5. The molecule has 188 valence electrons. The summed E-state index contributed by atoms with van der Waals surface area (Å²) in [6.45, 7) is 4.18. The maximum absolute atomic E-state index is 14.0. The second-order valence-electron chi connectivity index (χ2n) is 8.87. The molecule has 8 heteroatoms. The van der Waals surface area contributed by atoms with Crippen LogP contribution in [0.3, 0.4) is 0 Å². The molecule has 0 bridgehead atoms. The number of nitrogens with zero attached hydrogens (tertiary/aromatic N) is 3. The highest BCUT2D eigenvalue weighted by molar-refractivity contribution is 5.43. The second-order valence-corrected chi connectivity index (χ2v) is 8.87. The van der Waals surface area contributed by atoms with E-state index >= 15 is 0 Å². The van der Waals surface area contributed by atoms with Crippen LogP contribution in [-0.2, 0) is 17.8 Å². The van der Waals surface area contributed by atoms with E-state index in [1.54, 1.807) is 44.9 Å².